The van der Waals surface area contributed by atoms with Gasteiger partial charge in [0.25, 0.3) is 0 Å². The number of hydrogen-bond acceptors (Lipinski definition) is 6. The maximum atomic E-state index is 12.3. The Morgan fingerprint density at radius 3 is 2.26 bits per heavy atom. The van der Waals surface area contributed by atoms with Gasteiger partial charge in [-0.15, -0.1) is 0 Å². The Bertz CT molecular complexity index is 741. The zero-order valence-corrected chi connectivity index (χ0v) is 16.6. The van der Waals surface area contributed by atoms with Crippen molar-refractivity contribution in [1.29, 1.82) is 0 Å². The Morgan fingerprint density at radius 2 is 1.70 bits per heavy atom. The summed E-state index contributed by atoms with van der Waals surface area (Å²) in [5.74, 6) is -1.52. The average Bonchev–Trinajstić information content (AvgIpc) is 2.67. The average molecular weight is 397 g/mol. The molecule has 1 aromatic rings. The van der Waals surface area contributed by atoms with Gasteiger partial charge in [-0.3, -0.25) is 4.79 Å². The first-order chi connectivity index (χ1) is 12.9. The van der Waals surface area contributed by atoms with Crippen LogP contribution in [0.2, 0.25) is 0 Å². The van der Waals surface area contributed by atoms with Crippen molar-refractivity contribution in [1.82, 2.24) is 4.31 Å². The summed E-state index contributed by atoms with van der Waals surface area (Å²) in [6, 6.07) is 7.08. The van der Waals surface area contributed by atoms with E-state index in [-0.39, 0.29) is 12.4 Å². The largest absolute Gasteiger partial charge is 0.459 e. The highest BCUT2D eigenvalue weighted by Crippen LogP contribution is 2.20. The Morgan fingerprint density at radius 1 is 1.07 bits per heavy atom. The molecule has 27 heavy (non-hydrogen) atoms. The highest BCUT2D eigenvalue weighted by atomic mass is 32.2. The Hall–Kier alpha value is -2.13. The molecule has 1 amide bonds. The molecule has 0 aliphatic carbocycles. The molecule has 1 saturated heterocycles. The van der Waals surface area contributed by atoms with Crippen molar-refractivity contribution >= 4 is 33.3 Å². The molecule has 1 fully saturated rings. The summed E-state index contributed by atoms with van der Waals surface area (Å²) in [7, 11) is -3.17. The summed E-state index contributed by atoms with van der Waals surface area (Å²) >= 11 is 0. The van der Waals surface area contributed by atoms with E-state index in [9.17, 15) is 18.0 Å². The number of amides is 1. The second kappa shape index (κ2) is 9.70. The van der Waals surface area contributed by atoms with Gasteiger partial charge in [-0.1, -0.05) is 13.3 Å². The van der Waals surface area contributed by atoms with Crippen LogP contribution in [0, 0.1) is 0 Å². The molecule has 0 bridgehead atoms. The number of anilines is 2. The predicted molar refractivity (Wildman–Crippen MR) is 104 cm³/mol. The van der Waals surface area contributed by atoms with Crippen LogP contribution in [-0.2, 0) is 24.3 Å². The van der Waals surface area contributed by atoms with Crippen LogP contribution in [0.1, 0.15) is 26.7 Å². The van der Waals surface area contributed by atoms with E-state index in [4.69, 9.17) is 0 Å². The highest BCUT2D eigenvalue weighted by molar-refractivity contribution is 7.89. The molecule has 150 valence electrons. The van der Waals surface area contributed by atoms with Gasteiger partial charge in [0, 0.05) is 37.6 Å². The molecular formula is C18H27N3O5S. The van der Waals surface area contributed by atoms with Crippen molar-refractivity contribution in [3.05, 3.63) is 24.3 Å². The molecule has 0 atom stereocenters. The minimum atomic E-state index is -3.17. The monoisotopic (exact) mass is 397 g/mol. The summed E-state index contributed by atoms with van der Waals surface area (Å²) in [6.07, 6.45) is 1.54. The van der Waals surface area contributed by atoms with E-state index in [0.717, 1.165) is 12.1 Å². The second-order valence-electron chi connectivity index (χ2n) is 6.28. The maximum Gasteiger partial charge on any atom is 0.397 e. The molecule has 9 heteroatoms. The number of hydrogen-bond donors (Lipinski definition) is 1. The van der Waals surface area contributed by atoms with Gasteiger partial charge in [0.15, 0.2) is 0 Å². The fourth-order valence-corrected chi connectivity index (χ4v) is 4.45. The van der Waals surface area contributed by atoms with Crippen molar-refractivity contribution in [3.8, 4) is 0 Å². The first-order valence-electron chi connectivity index (χ1n) is 9.18. The zero-order valence-electron chi connectivity index (χ0n) is 15.8. The molecule has 0 spiro atoms. The molecular weight excluding hydrogens is 370 g/mol. The number of unbranched alkanes of at least 4 members (excludes halogenated alkanes) is 1. The Kier molecular flexibility index (Phi) is 7.61. The molecule has 8 nitrogen and oxygen atoms in total. The van der Waals surface area contributed by atoms with Gasteiger partial charge < -0.3 is 15.0 Å². The third-order valence-corrected chi connectivity index (χ3v) is 6.30. The van der Waals surface area contributed by atoms with E-state index in [1.165, 1.54) is 0 Å². The van der Waals surface area contributed by atoms with Crippen molar-refractivity contribution < 1.29 is 22.7 Å². The van der Waals surface area contributed by atoms with Crippen molar-refractivity contribution in [3.63, 3.8) is 0 Å². The minimum absolute atomic E-state index is 0.144. The van der Waals surface area contributed by atoms with Gasteiger partial charge >= 0.3 is 11.9 Å². The van der Waals surface area contributed by atoms with Crippen LogP contribution in [-0.4, -0.2) is 63.1 Å². The topological polar surface area (TPSA) is 96.0 Å². The molecule has 1 aliphatic heterocycles. The quantitative estimate of drug-likeness (QED) is 0.552. The first kappa shape index (κ1) is 21.2. The number of esters is 1. The van der Waals surface area contributed by atoms with Crippen molar-refractivity contribution in [2.45, 2.75) is 26.7 Å². The predicted octanol–water partition coefficient (Wildman–Crippen LogP) is 1.44. The van der Waals surface area contributed by atoms with Crippen molar-refractivity contribution in [2.75, 3.05) is 48.8 Å². The third-order valence-electron chi connectivity index (χ3n) is 4.34. The molecule has 1 aliphatic rings. The lowest BCUT2D eigenvalue weighted by atomic mass is 10.2. The lowest BCUT2D eigenvalue weighted by Crippen LogP contribution is -2.49. The molecule has 0 unspecified atom stereocenters. The van der Waals surface area contributed by atoms with E-state index in [1.807, 2.05) is 19.1 Å². The van der Waals surface area contributed by atoms with Gasteiger partial charge in [0.05, 0.1) is 12.4 Å². The van der Waals surface area contributed by atoms with E-state index < -0.39 is 21.9 Å². The summed E-state index contributed by atoms with van der Waals surface area (Å²) in [5, 5.41) is 2.48. The number of rotatable bonds is 7. The molecule has 0 aromatic heterocycles. The number of carbonyl (C=O) groups excluding carboxylic acids is 2. The molecule has 0 saturated carbocycles. The number of nitrogens with zero attached hydrogens (tertiary/aromatic N) is 2. The molecule has 2 rings (SSSR count). The standard InChI is InChI=1S/C18H27N3O5S/c1-3-5-14-27(24,25)21-12-10-20(11-13-21)16-8-6-15(7-9-16)19-17(22)18(23)26-4-2/h6-9H,3-5,10-14H2,1-2H3,(H,19,22). The minimum Gasteiger partial charge on any atom is -0.459 e. The summed E-state index contributed by atoms with van der Waals surface area (Å²) in [5.41, 5.74) is 1.44. The van der Waals surface area contributed by atoms with E-state index in [0.29, 0.717) is 38.3 Å². The summed E-state index contributed by atoms with van der Waals surface area (Å²) in [4.78, 5) is 25.1. The Labute approximate surface area is 160 Å². The number of nitrogens with one attached hydrogen (secondary N) is 1. The highest BCUT2D eigenvalue weighted by Gasteiger charge is 2.26. The maximum absolute atomic E-state index is 12.3. The van der Waals surface area contributed by atoms with Crippen LogP contribution in [0.25, 0.3) is 0 Å². The lowest BCUT2D eigenvalue weighted by molar-refractivity contribution is -0.152. The van der Waals surface area contributed by atoms with E-state index in [1.54, 1.807) is 23.4 Å². The van der Waals surface area contributed by atoms with Crippen molar-refractivity contribution in [2.24, 2.45) is 0 Å². The van der Waals surface area contributed by atoms with Crippen LogP contribution in [0.5, 0.6) is 0 Å². The molecule has 1 N–H and O–H groups in total. The third kappa shape index (κ3) is 5.93. The van der Waals surface area contributed by atoms with Crippen LogP contribution < -0.4 is 10.2 Å². The zero-order chi connectivity index (χ0) is 19.9. The number of benzene rings is 1. The smallest absolute Gasteiger partial charge is 0.397 e. The van der Waals surface area contributed by atoms with Gasteiger partial charge in [0.1, 0.15) is 0 Å². The van der Waals surface area contributed by atoms with Gasteiger partial charge in [-0.05, 0) is 37.6 Å². The lowest BCUT2D eigenvalue weighted by Gasteiger charge is -2.35. The normalized spacial score (nSPS) is 15.4. The first-order valence-corrected chi connectivity index (χ1v) is 10.8. The number of piperazine rings is 1. The second-order valence-corrected chi connectivity index (χ2v) is 8.37. The number of sulfonamides is 1. The fourth-order valence-electron chi connectivity index (χ4n) is 2.81. The van der Waals surface area contributed by atoms with Gasteiger partial charge in [-0.2, -0.15) is 4.31 Å². The van der Waals surface area contributed by atoms with Crippen LogP contribution in [0.3, 0.4) is 0 Å². The van der Waals surface area contributed by atoms with Gasteiger partial charge in [-0.25, -0.2) is 13.2 Å². The molecule has 1 aromatic carbocycles. The SMILES string of the molecule is CCCCS(=O)(=O)N1CCN(c2ccc(NC(=O)C(=O)OCC)cc2)CC1. The fraction of sp³-hybridized carbons (Fsp3) is 0.556. The molecule has 0 radical (unpaired) electrons. The number of carbonyl (C=O) groups is 2. The summed E-state index contributed by atoms with van der Waals surface area (Å²) < 4.78 is 30.7. The van der Waals surface area contributed by atoms with E-state index >= 15 is 0 Å². The summed E-state index contributed by atoms with van der Waals surface area (Å²) in [6.45, 7) is 5.91. The molecule has 1 heterocycles. The van der Waals surface area contributed by atoms with Crippen LogP contribution in [0.4, 0.5) is 11.4 Å². The number of ether oxygens (including phenoxy) is 1. The van der Waals surface area contributed by atoms with E-state index in [2.05, 4.69) is 15.0 Å². The van der Waals surface area contributed by atoms with Crippen LogP contribution in [0.15, 0.2) is 24.3 Å². The van der Waals surface area contributed by atoms with Gasteiger partial charge in [0.2, 0.25) is 10.0 Å². The Balaban J connectivity index is 1.90. The van der Waals surface area contributed by atoms with Crippen LogP contribution >= 0.6 is 0 Å².